The average molecular weight is 457 g/mol. The van der Waals surface area contributed by atoms with Gasteiger partial charge in [0.2, 0.25) is 10.0 Å². The number of benzene rings is 2. The summed E-state index contributed by atoms with van der Waals surface area (Å²) >= 11 is 1.77. The zero-order valence-corrected chi connectivity index (χ0v) is 18.5. The third-order valence-corrected chi connectivity index (χ3v) is 7.94. The van der Waals surface area contributed by atoms with E-state index >= 15 is 0 Å². The highest BCUT2D eigenvalue weighted by molar-refractivity contribution is 7.99. The number of thioether (sulfide) groups is 1. The molecule has 9 heteroatoms. The Bertz CT molecular complexity index is 1100. The molecule has 2 aromatic carbocycles. The van der Waals surface area contributed by atoms with Crippen molar-refractivity contribution >= 4 is 27.6 Å². The lowest BCUT2D eigenvalue weighted by Crippen LogP contribution is -2.37. The molecule has 1 saturated heterocycles. The molecule has 0 saturated carbocycles. The number of rotatable bonds is 7. The maximum absolute atomic E-state index is 12.8. The fraction of sp³-hybridized carbons (Fsp3) is 0.273. The molecule has 2 N–H and O–H groups in total. The van der Waals surface area contributed by atoms with Crippen LogP contribution < -0.4 is 5.32 Å². The van der Waals surface area contributed by atoms with Crippen molar-refractivity contribution in [2.75, 3.05) is 36.5 Å². The molecule has 0 spiro atoms. The van der Waals surface area contributed by atoms with Crippen LogP contribution in [-0.2, 0) is 10.0 Å². The molecule has 162 valence electrons. The van der Waals surface area contributed by atoms with E-state index in [4.69, 9.17) is 0 Å². The molecule has 0 aliphatic carbocycles. The second-order valence-corrected chi connectivity index (χ2v) is 10.3. The van der Waals surface area contributed by atoms with Crippen LogP contribution >= 0.6 is 11.8 Å². The van der Waals surface area contributed by atoms with Gasteiger partial charge in [-0.2, -0.15) is 16.1 Å². The monoisotopic (exact) mass is 456 g/mol. The number of aromatic nitrogens is 2. The SMILES string of the molecule is O=S(=O)(c1ccc(-c2cc(NC[C@H](O)c3ccccc3)ncn2)cc1)N1CCSCC1. The van der Waals surface area contributed by atoms with Gasteiger partial charge in [0, 0.05) is 42.8 Å². The summed E-state index contributed by atoms with van der Waals surface area (Å²) in [5.41, 5.74) is 2.29. The van der Waals surface area contributed by atoms with E-state index in [-0.39, 0.29) is 0 Å². The maximum Gasteiger partial charge on any atom is 0.243 e. The fourth-order valence-electron chi connectivity index (χ4n) is 3.34. The highest BCUT2D eigenvalue weighted by atomic mass is 32.2. The van der Waals surface area contributed by atoms with Crippen molar-refractivity contribution in [3.05, 3.63) is 72.6 Å². The largest absolute Gasteiger partial charge is 0.387 e. The predicted molar refractivity (Wildman–Crippen MR) is 123 cm³/mol. The van der Waals surface area contributed by atoms with Crippen molar-refractivity contribution in [2.24, 2.45) is 0 Å². The van der Waals surface area contributed by atoms with Crippen molar-refractivity contribution in [1.29, 1.82) is 0 Å². The first-order valence-corrected chi connectivity index (χ1v) is 12.6. The van der Waals surface area contributed by atoms with E-state index in [1.807, 2.05) is 30.3 Å². The van der Waals surface area contributed by atoms with Gasteiger partial charge in [-0.05, 0) is 17.7 Å². The minimum atomic E-state index is -3.47. The average Bonchev–Trinajstić information content (AvgIpc) is 2.84. The Morgan fingerprint density at radius 3 is 2.45 bits per heavy atom. The summed E-state index contributed by atoms with van der Waals surface area (Å²) in [4.78, 5) is 8.80. The molecule has 0 radical (unpaired) electrons. The zero-order valence-electron chi connectivity index (χ0n) is 16.9. The number of aliphatic hydroxyl groups is 1. The zero-order chi connectivity index (χ0) is 21.7. The van der Waals surface area contributed by atoms with E-state index < -0.39 is 16.1 Å². The van der Waals surface area contributed by atoms with E-state index in [0.29, 0.717) is 36.0 Å². The fourth-order valence-corrected chi connectivity index (χ4v) is 5.92. The molecule has 1 aromatic heterocycles. The number of hydrogen-bond donors (Lipinski definition) is 2. The minimum Gasteiger partial charge on any atom is -0.387 e. The van der Waals surface area contributed by atoms with Gasteiger partial charge in [-0.25, -0.2) is 18.4 Å². The van der Waals surface area contributed by atoms with E-state index in [9.17, 15) is 13.5 Å². The normalized spacial score (nSPS) is 16.0. The molecule has 0 unspecified atom stereocenters. The summed E-state index contributed by atoms with van der Waals surface area (Å²) in [7, 11) is -3.47. The highest BCUT2D eigenvalue weighted by Gasteiger charge is 2.26. The Kier molecular flexibility index (Phi) is 6.86. The number of anilines is 1. The lowest BCUT2D eigenvalue weighted by Gasteiger charge is -2.25. The molecule has 1 fully saturated rings. The Balaban J connectivity index is 1.45. The number of sulfonamides is 1. The van der Waals surface area contributed by atoms with Gasteiger partial charge in [0.1, 0.15) is 12.1 Å². The minimum absolute atomic E-state index is 0.293. The molecule has 4 rings (SSSR count). The number of hydrogen-bond acceptors (Lipinski definition) is 7. The summed E-state index contributed by atoms with van der Waals surface area (Å²) < 4.78 is 27.2. The molecule has 31 heavy (non-hydrogen) atoms. The standard InChI is InChI=1S/C22H24N4O3S2/c27-21(18-4-2-1-3-5-18)15-23-22-14-20(24-16-25-22)17-6-8-19(9-7-17)31(28,29)26-10-12-30-13-11-26/h1-9,14,16,21,27H,10-13,15H2,(H,23,24,25)/t21-/m0/s1. The Hall–Kier alpha value is -2.46. The van der Waals surface area contributed by atoms with Crippen LogP contribution in [0.4, 0.5) is 5.82 Å². The molecule has 1 aliphatic rings. The van der Waals surface area contributed by atoms with Gasteiger partial charge in [-0.15, -0.1) is 0 Å². The van der Waals surface area contributed by atoms with Gasteiger partial charge >= 0.3 is 0 Å². The number of nitrogens with zero attached hydrogens (tertiary/aromatic N) is 3. The van der Waals surface area contributed by atoms with E-state index in [0.717, 1.165) is 22.6 Å². The van der Waals surface area contributed by atoms with Crippen LogP contribution in [-0.4, -0.2) is 58.9 Å². The van der Waals surface area contributed by atoms with Gasteiger partial charge in [0.25, 0.3) is 0 Å². The summed E-state index contributed by atoms with van der Waals surface area (Å²) in [6.45, 7) is 1.40. The first-order chi connectivity index (χ1) is 15.0. The molecular formula is C22H24N4O3S2. The topological polar surface area (TPSA) is 95.4 Å². The maximum atomic E-state index is 12.8. The molecule has 0 bridgehead atoms. The van der Waals surface area contributed by atoms with Crippen molar-refractivity contribution in [1.82, 2.24) is 14.3 Å². The summed E-state index contributed by atoms with van der Waals surface area (Å²) in [5.74, 6) is 2.24. The smallest absolute Gasteiger partial charge is 0.243 e. The molecule has 2 heterocycles. The third-order valence-electron chi connectivity index (χ3n) is 5.09. The van der Waals surface area contributed by atoms with E-state index in [1.165, 1.54) is 6.33 Å². The number of aliphatic hydroxyl groups excluding tert-OH is 1. The second-order valence-electron chi connectivity index (χ2n) is 7.14. The molecule has 1 atom stereocenters. The van der Waals surface area contributed by atoms with E-state index in [2.05, 4.69) is 15.3 Å². The second kappa shape index (κ2) is 9.78. The quantitative estimate of drug-likeness (QED) is 0.564. The first-order valence-electron chi connectivity index (χ1n) is 10.0. The Labute approximate surface area is 186 Å². The van der Waals surface area contributed by atoms with Gasteiger partial charge in [-0.1, -0.05) is 42.5 Å². The summed E-state index contributed by atoms with van der Waals surface area (Å²) in [6.07, 6.45) is 0.792. The van der Waals surface area contributed by atoms with Crippen molar-refractivity contribution in [2.45, 2.75) is 11.0 Å². The molecule has 7 nitrogen and oxygen atoms in total. The molecular weight excluding hydrogens is 432 g/mol. The van der Waals surface area contributed by atoms with Gasteiger partial charge in [-0.3, -0.25) is 0 Å². The van der Waals surface area contributed by atoms with Crippen LogP contribution in [0.15, 0.2) is 71.9 Å². The lowest BCUT2D eigenvalue weighted by molar-refractivity contribution is 0.191. The van der Waals surface area contributed by atoms with Crippen LogP contribution in [0, 0.1) is 0 Å². The number of nitrogens with one attached hydrogen (secondary N) is 1. The van der Waals surface area contributed by atoms with Crippen LogP contribution in [0.2, 0.25) is 0 Å². The Morgan fingerprint density at radius 2 is 1.74 bits per heavy atom. The van der Waals surface area contributed by atoms with Crippen molar-refractivity contribution < 1.29 is 13.5 Å². The van der Waals surface area contributed by atoms with Crippen LogP contribution in [0.25, 0.3) is 11.3 Å². The van der Waals surface area contributed by atoms with Crippen molar-refractivity contribution in [3.8, 4) is 11.3 Å². The van der Waals surface area contributed by atoms with Crippen molar-refractivity contribution in [3.63, 3.8) is 0 Å². The van der Waals surface area contributed by atoms with Crippen LogP contribution in [0.5, 0.6) is 0 Å². The molecule has 0 amide bonds. The van der Waals surface area contributed by atoms with Crippen LogP contribution in [0.3, 0.4) is 0 Å². The third kappa shape index (κ3) is 5.24. The van der Waals surface area contributed by atoms with Gasteiger partial charge in [0.15, 0.2) is 0 Å². The first kappa shape index (κ1) is 21.8. The molecule has 1 aliphatic heterocycles. The van der Waals surface area contributed by atoms with Crippen LogP contribution in [0.1, 0.15) is 11.7 Å². The van der Waals surface area contributed by atoms with E-state index in [1.54, 1.807) is 46.4 Å². The Morgan fingerprint density at radius 1 is 1.03 bits per heavy atom. The molecule has 3 aromatic rings. The summed E-state index contributed by atoms with van der Waals surface area (Å²) in [5, 5.41) is 13.4. The highest BCUT2D eigenvalue weighted by Crippen LogP contribution is 2.24. The van der Waals surface area contributed by atoms with Gasteiger partial charge < -0.3 is 10.4 Å². The predicted octanol–water partition coefficient (Wildman–Crippen LogP) is 3.03. The van der Waals surface area contributed by atoms with Gasteiger partial charge in [0.05, 0.1) is 16.7 Å². The lowest BCUT2D eigenvalue weighted by atomic mass is 10.1. The summed E-state index contributed by atoms with van der Waals surface area (Å²) in [6, 6.07) is 18.0.